The summed E-state index contributed by atoms with van der Waals surface area (Å²) in [5.74, 6) is -0.981. The van der Waals surface area contributed by atoms with Crippen LogP contribution in [0.1, 0.15) is 24.1 Å². The first-order valence-electron chi connectivity index (χ1n) is 11.4. The van der Waals surface area contributed by atoms with E-state index in [9.17, 15) is 14.7 Å². The van der Waals surface area contributed by atoms with Gasteiger partial charge in [0.15, 0.2) is 0 Å². The fourth-order valence-electron chi connectivity index (χ4n) is 4.19. The number of carboxylic acids is 1. The SMILES string of the molecule is CCN1CCN(c2ccc(-c3ccc(CNC(C(=O)O)c4ccccc4)c(=O)[nH]3)cc2)CC1. The van der Waals surface area contributed by atoms with Gasteiger partial charge in [-0.25, -0.2) is 0 Å². The van der Waals surface area contributed by atoms with E-state index in [0.29, 0.717) is 11.1 Å². The number of nitrogens with one attached hydrogen (secondary N) is 2. The number of nitrogens with zero attached hydrogens (tertiary/aromatic N) is 2. The van der Waals surface area contributed by atoms with Crippen molar-refractivity contribution in [2.45, 2.75) is 19.5 Å². The van der Waals surface area contributed by atoms with E-state index in [1.165, 1.54) is 5.69 Å². The number of hydrogen-bond acceptors (Lipinski definition) is 5. The van der Waals surface area contributed by atoms with E-state index in [0.717, 1.165) is 44.0 Å². The second-order valence-electron chi connectivity index (χ2n) is 8.26. The molecule has 0 aliphatic carbocycles. The van der Waals surface area contributed by atoms with Gasteiger partial charge in [0.25, 0.3) is 5.56 Å². The molecule has 172 valence electrons. The summed E-state index contributed by atoms with van der Waals surface area (Å²) < 4.78 is 0. The maximum Gasteiger partial charge on any atom is 0.325 e. The van der Waals surface area contributed by atoms with Gasteiger partial charge in [0, 0.05) is 49.7 Å². The molecule has 1 saturated heterocycles. The van der Waals surface area contributed by atoms with Gasteiger partial charge in [-0.15, -0.1) is 0 Å². The fraction of sp³-hybridized carbons (Fsp3) is 0.308. The van der Waals surface area contributed by atoms with Crippen LogP contribution >= 0.6 is 0 Å². The summed E-state index contributed by atoms with van der Waals surface area (Å²) in [7, 11) is 0. The quantitative estimate of drug-likeness (QED) is 0.493. The molecule has 33 heavy (non-hydrogen) atoms. The highest BCUT2D eigenvalue weighted by atomic mass is 16.4. The van der Waals surface area contributed by atoms with Gasteiger partial charge in [-0.05, 0) is 35.9 Å². The number of piperazine rings is 1. The predicted octanol–water partition coefficient (Wildman–Crippen LogP) is 3.10. The Morgan fingerprint density at radius 2 is 1.70 bits per heavy atom. The number of pyridine rings is 1. The standard InChI is InChI=1S/C26H30N4O3/c1-2-29-14-16-30(17-15-29)22-11-8-19(9-12-22)23-13-10-21(25(31)28-23)18-27-24(26(32)33)20-6-4-3-5-7-20/h3-13,24,27H,2,14-18H2,1H3,(H,28,31)(H,32,33). The second kappa shape index (κ2) is 10.5. The van der Waals surface area contributed by atoms with Gasteiger partial charge in [-0.2, -0.15) is 0 Å². The molecule has 0 spiro atoms. The first-order valence-corrected chi connectivity index (χ1v) is 11.4. The number of aromatic nitrogens is 1. The van der Waals surface area contributed by atoms with Crippen LogP contribution in [0, 0.1) is 0 Å². The van der Waals surface area contributed by atoms with Crippen LogP contribution in [0.2, 0.25) is 0 Å². The topological polar surface area (TPSA) is 88.7 Å². The third-order valence-corrected chi connectivity index (χ3v) is 6.23. The fourth-order valence-corrected chi connectivity index (χ4v) is 4.19. The number of carbonyl (C=O) groups is 1. The largest absolute Gasteiger partial charge is 0.480 e. The Morgan fingerprint density at radius 1 is 1.00 bits per heavy atom. The first kappa shape index (κ1) is 22.8. The first-order chi connectivity index (χ1) is 16.0. The van der Waals surface area contributed by atoms with E-state index in [4.69, 9.17) is 0 Å². The summed E-state index contributed by atoms with van der Waals surface area (Å²) in [5, 5.41) is 12.5. The highest BCUT2D eigenvalue weighted by molar-refractivity contribution is 5.75. The molecule has 1 unspecified atom stereocenters. The summed E-state index contributed by atoms with van der Waals surface area (Å²) in [4.78, 5) is 32.1. The van der Waals surface area contributed by atoms with Crippen LogP contribution in [0.5, 0.6) is 0 Å². The van der Waals surface area contributed by atoms with E-state index in [-0.39, 0.29) is 12.1 Å². The van der Waals surface area contributed by atoms with Crippen LogP contribution < -0.4 is 15.8 Å². The van der Waals surface area contributed by atoms with E-state index in [2.05, 4.69) is 39.2 Å². The second-order valence-corrected chi connectivity index (χ2v) is 8.26. The maximum absolute atomic E-state index is 12.6. The number of hydrogen-bond donors (Lipinski definition) is 3. The molecule has 0 radical (unpaired) electrons. The smallest absolute Gasteiger partial charge is 0.325 e. The Balaban J connectivity index is 1.42. The molecule has 1 aliphatic heterocycles. The molecule has 1 atom stereocenters. The number of likely N-dealkylation sites (N-methyl/N-ethyl adjacent to an activating group) is 1. The van der Waals surface area contributed by atoms with Gasteiger partial charge in [-0.1, -0.05) is 55.5 Å². The molecular weight excluding hydrogens is 416 g/mol. The number of benzene rings is 2. The average Bonchev–Trinajstić information content (AvgIpc) is 2.85. The van der Waals surface area contributed by atoms with Gasteiger partial charge < -0.3 is 19.9 Å². The summed E-state index contributed by atoms with van der Waals surface area (Å²) >= 11 is 0. The molecule has 3 N–H and O–H groups in total. The van der Waals surface area contributed by atoms with Crippen LogP contribution in [0.3, 0.4) is 0 Å². The number of H-pyrrole nitrogens is 1. The summed E-state index contributed by atoms with van der Waals surface area (Å²) in [5.41, 5.74) is 3.79. The van der Waals surface area contributed by atoms with Crippen LogP contribution in [0.15, 0.2) is 71.5 Å². The van der Waals surface area contributed by atoms with Crippen molar-refractivity contribution in [3.05, 3.63) is 88.2 Å². The number of anilines is 1. The van der Waals surface area contributed by atoms with Crippen molar-refractivity contribution in [3.8, 4) is 11.3 Å². The van der Waals surface area contributed by atoms with Crippen LogP contribution in [0.25, 0.3) is 11.3 Å². The molecular formula is C26H30N4O3. The number of rotatable bonds is 8. The van der Waals surface area contributed by atoms with Crippen LogP contribution in [-0.4, -0.2) is 53.7 Å². The summed E-state index contributed by atoms with van der Waals surface area (Å²) in [6, 6.07) is 19.9. The van der Waals surface area contributed by atoms with Crippen molar-refractivity contribution < 1.29 is 9.90 Å². The molecule has 1 aliphatic rings. The molecule has 1 fully saturated rings. The highest BCUT2D eigenvalue weighted by Gasteiger charge is 2.19. The van der Waals surface area contributed by atoms with Gasteiger partial charge in [-0.3, -0.25) is 14.9 Å². The Morgan fingerprint density at radius 3 is 2.30 bits per heavy atom. The Kier molecular flexibility index (Phi) is 7.22. The molecule has 4 rings (SSSR count). The van der Waals surface area contributed by atoms with Crippen LogP contribution in [0.4, 0.5) is 5.69 Å². The van der Waals surface area contributed by atoms with Gasteiger partial charge in [0.05, 0.1) is 0 Å². The zero-order chi connectivity index (χ0) is 23.2. The van der Waals surface area contributed by atoms with Gasteiger partial charge >= 0.3 is 5.97 Å². The Hall–Kier alpha value is -3.42. The van der Waals surface area contributed by atoms with Crippen molar-refractivity contribution in [2.75, 3.05) is 37.6 Å². The summed E-state index contributed by atoms with van der Waals surface area (Å²) in [6.07, 6.45) is 0. The van der Waals surface area contributed by atoms with Crippen molar-refractivity contribution in [1.82, 2.24) is 15.2 Å². The molecule has 0 bridgehead atoms. The lowest BCUT2D eigenvalue weighted by molar-refractivity contribution is -0.139. The third kappa shape index (κ3) is 5.50. The van der Waals surface area contributed by atoms with E-state index >= 15 is 0 Å². The normalized spacial score (nSPS) is 15.4. The molecule has 0 amide bonds. The van der Waals surface area contributed by atoms with E-state index < -0.39 is 12.0 Å². The monoisotopic (exact) mass is 446 g/mol. The van der Waals surface area contributed by atoms with Gasteiger partial charge in [0.2, 0.25) is 0 Å². The zero-order valence-corrected chi connectivity index (χ0v) is 18.8. The van der Waals surface area contributed by atoms with Crippen molar-refractivity contribution in [2.24, 2.45) is 0 Å². The van der Waals surface area contributed by atoms with Crippen molar-refractivity contribution in [3.63, 3.8) is 0 Å². The van der Waals surface area contributed by atoms with Crippen molar-refractivity contribution in [1.29, 1.82) is 0 Å². The molecule has 2 aromatic carbocycles. The lowest BCUT2D eigenvalue weighted by atomic mass is 10.1. The minimum absolute atomic E-state index is 0.157. The predicted molar refractivity (Wildman–Crippen MR) is 130 cm³/mol. The Labute approximate surface area is 193 Å². The lowest BCUT2D eigenvalue weighted by Crippen LogP contribution is -2.46. The molecule has 1 aromatic heterocycles. The Bertz CT molecular complexity index is 1120. The van der Waals surface area contributed by atoms with E-state index in [1.807, 2.05) is 24.3 Å². The number of aromatic amines is 1. The molecule has 2 heterocycles. The van der Waals surface area contributed by atoms with Crippen molar-refractivity contribution >= 4 is 11.7 Å². The minimum Gasteiger partial charge on any atom is -0.480 e. The third-order valence-electron chi connectivity index (χ3n) is 6.23. The van der Waals surface area contributed by atoms with Gasteiger partial charge in [0.1, 0.15) is 6.04 Å². The molecule has 3 aromatic rings. The lowest BCUT2D eigenvalue weighted by Gasteiger charge is -2.35. The number of carboxylic acid groups (broad SMARTS) is 1. The zero-order valence-electron chi connectivity index (χ0n) is 18.8. The highest BCUT2D eigenvalue weighted by Crippen LogP contribution is 2.22. The summed E-state index contributed by atoms with van der Waals surface area (Å²) in [6.45, 7) is 7.64. The molecule has 0 saturated carbocycles. The molecule has 7 nitrogen and oxygen atoms in total. The number of aliphatic carboxylic acids is 1. The van der Waals surface area contributed by atoms with Crippen LogP contribution in [-0.2, 0) is 11.3 Å². The maximum atomic E-state index is 12.6. The van der Waals surface area contributed by atoms with E-state index in [1.54, 1.807) is 30.3 Å². The minimum atomic E-state index is -0.981. The average molecular weight is 447 g/mol. The molecule has 7 heteroatoms.